The van der Waals surface area contributed by atoms with E-state index < -0.39 is 16.7 Å². The highest BCUT2D eigenvalue weighted by molar-refractivity contribution is 7.84. The largest absolute Gasteiger partial charge is 0.393 e. The van der Waals surface area contributed by atoms with Gasteiger partial charge in [-0.2, -0.15) is 0 Å². The second-order valence-electron chi connectivity index (χ2n) is 5.12. The Morgan fingerprint density at radius 1 is 1.38 bits per heavy atom. The number of nitrogens with two attached hydrogens (primary N) is 1. The average Bonchev–Trinajstić information content (AvgIpc) is 2.43. The molecular formula is C15H22N2O2S2. The predicted molar refractivity (Wildman–Crippen MR) is 91.6 cm³/mol. The normalized spacial score (nSPS) is 15.0. The molecule has 0 aliphatic carbocycles. The van der Waals surface area contributed by atoms with Crippen LogP contribution in [0.4, 0.5) is 0 Å². The zero-order valence-corrected chi connectivity index (χ0v) is 14.0. The van der Waals surface area contributed by atoms with E-state index in [1.54, 1.807) is 6.26 Å². The minimum Gasteiger partial charge on any atom is -0.393 e. The van der Waals surface area contributed by atoms with Crippen LogP contribution in [0.1, 0.15) is 18.9 Å². The lowest BCUT2D eigenvalue weighted by atomic mass is 9.98. The molecule has 0 aliphatic rings. The van der Waals surface area contributed by atoms with Crippen molar-refractivity contribution >= 4 is 33.9 Å². The van der Waals surface area contributed by atoms with Crippen LogP contribution in [0.25, 0.3) is 0 Å². The minimum atomic E-state index is -0.854. The average molecular weight is 326 g/mol. The quantitative estimate of drug-likeness (QED) is 0.709. The van der Waals surface area contributed by atoms with Crippen LogP contribution in [-0.2, 0) is 22.0 Å². The van der Waals surface area contributed by atoms with Crippen LogP contribution >= 0.6 is 12.2 Å². The highest BCUT2D eigenvalue weighted by Crippen LogP contribution is 2.10. The standard InChI is InChI=1S/C15H22N2O2S2/c1-11(8-9-21(2)19)17-15(18)13(14(16)20)10-12-6-4-3-5-7-12/h3-7,11,13H,8-10H2,1-2H3,(H2,16,20)(H,17,18). The Kier molecular flexibility index (Phi) is 7.53. The van der Waals surface area contributed by atoms with Gasteiger partial charge in [-0.25, -0.2) is 0 Å². The fraction of sp³-hybridized carbons (Fsp3) is 0.467. The molecule has 0 radical (unpaired) electrons. The summed E-state index contributed by atoms with van der Waals surface area (Å²) in [6.45, 7) is 1.89. The maximum Gasteiger partial charge on any atom is 0.230 e. The van der Waals surface area contributed by atoms with Crippen molar-refractivity contribution in [1.82, 2.24) is 5.32 Å². The second-order valence-corrected chi connectivity index (χ2v) is 7.15. The van der Waals surface area contributed by atoms with Crippen molar-refractivity contribution < 1.29 is 9.00 Å². The van der Waals surface area contributed by atoms with E-state index in [4.69, 9.17) is 18.0 Å². The molecule has 3 unspecified atom stereocenters. The number of rotatable bonds is 8. The van der Waals surface area contributed by atoms with Gasteiger partial charge in [0, 0.05) is 28.9 Å². The Morgan fingerprint density at radius 2 is 2.00 bits per heavy atom. The molecule has 0 heterocycles. The molecule has 6 heteroatoms. The summed E-state index contributed by atoms with van der Waals surface area (Å²) >= 11 is 5.02. The van der Waals surface area contributed by atoms with E-state index in [-0.39, 0.29) is 16.9 Å². The topological polar surface area (TPSA) is 72.2 Å². The number of carbonyl (C=O) groups excluding carboxylic acids is 1. The summed E-state index contributed by atoms with van der Waals surface area (Å²) in [4.78, 5) is 12.5. The highest BCUT2D eigenvalue weighted by atomic mass is 32.2. The van der Waals surface area contributed by atoms with E-state index in [1.807, 2.05) is 37.3 Å². The maximum atomic E-state index is 12.3. The number of hydrogen-bond acceptors (Lipinski definition) is 3. The Bertz CT molecular complexity index is 506. The van der Waals surface area contributed by atoms with E-state index in [2.05, 4.69) is 5.32 Å². The Labute approximate surface area is 134 Å². The Hall–Kier alpha value is -1.27. The van der Waals surface area contributed by atoms with Gasteiger partial charge in [-0.15, -0.1) is 0 Å². The smallest absolute Gasteiger partial charge is 0.230 e. The number of thiocarbonyl (C=S) groups is 1. The molecular weight excluding hydrogens is 304 g/mol. The van der Waals surface area contributed by atoms with Gasteiger partial charge in [-0.1, -0.05) is 42.5 Å². The van der Waals surface area contributed by atoms with Crippen molar-refractivity contribution in [3.05, 3.63) is 35.9 Å². The molecule has 0 bridgehead atoms. The summed E-state index contributed by atoms with van der Waals surface area (Å²) in [5.41, 5.74) is 6.73. The number of nitrogens with one attached hydrogen (secondary N) is 1. The van der Waals surface area contributed by atoms with Gasteiger partial charge >= 0.3 is 0 Å². The molecule has 0 saturated heterocycles. The molecule has 0 fully saturated rings. The van der Waals surface area contributed by atoms with Crippen LogP contribution in [0, 0.1) is 5.92 Å². The zero-order chi connectivity index (χ0) is 15.8. The predicted octanol–water partition coefficient (Wildman–Crippen LogP) is 1.40. The van der Waals surface area contributed by atoms with Crippen LogP contribution in [0.5, 0.6) is 0 Å². The van der Waals surface area contributed by atoms with Gasteiger partial charge in [0.15, 0.2) is 0 Å². The Balaban J connectivity index is 2.61. The third-order valence-corrected chi connectivity index (χ3v) is 4.26. The molecule has 21 heavy (non-hydrogen) atoms. The lowest BCUT2D eigenvalue weighted by molar-refractivity contribution is -0.123. The number of benzene rings is 1. The van der Waals surface area contributed by atoms with Gasteiger partial charge in [-0.3, -0.25) is 9.00 Å². The molecule has 1 amide bonds. The molecule has 1 aromatic carbocycles. The van der Waals surface area contributed by atoms with E-state index in [1.165, 1.54) is 0 Å². The minimum absolute atomic E-state index is 0.0472. The maximum absolute atomic E-state index is 12.3. The van der Waals surface area contributed by atoms with Gasteiger partial charge in [0.25, 0.3) is 0 Å². The molecule has 0 aliphatic heterocycles. The first-order valence-corrected chi connectivity index (χ1v) is 8.97. The first kappa shape index (κ1) is 17.8. The zero-order valence-electron chi connectivity index (χ0n) is 12.4. The molecule has 3 N–H and O–H groups in total. The summed E-state index contributed by atoms with van der Waals surface area (Å²) in [6.07, 6.45) is 2.82. The molecule has 116 valence electrons. The van der Waals surface area contributed by atoms with Crippen LogP contribution in [0.15, 0.2) is 30.3 Å². The van der Waals surface area contributed by atoms with E-state index in [9.17, 15) is 9.00 Å². The van der Waals surface area contributed by atoms with Gasteiger partial charge in [0.05, 0.1) is 10.9 Å². The van der Waals surface area contributed by atoms with Crippen molar-refractivity contribution in [1.29, 1.82) is 0 Å². The van der Waals surface area contributed by atoms with Crippen LogP contribution < -0.4 is 11.1 Å². The molecule has 0 aromatic heterocycles. The van der Waals surface area contributed by atoms with Crippen LogP contribution in [0.3, 0.4) is 0 Å². The van der Waals surface area contributed by atoms with Gasteiger partial charge in [-0.05, 0) is 25.3 Å². The molecule has 1 aromatic rings. The third kappa shape index (κ3) is 6.82. The van der Waals surface area contributed by atoms with Crippen molar-refractivity contribution in [2.45, 2.75) is 25.8 Å². The Morgan fingerprint density at radius 3 is 2.52 bits per heavy atom. The fourth-order valence-electron chi connectivity index (χ4n) is 1.93. The van der Waals surface area contributed by atoms with Crippen LogP contribution in [-0.4, -0.2) is 33.2 Å². The molecule has 1 rings (SSSR count). The number of amides is 1. The van der Waals surface area contributed by atoms with Gasteiger partial charge < -0.3 is 11.1 Å². The number of hydrogen-bond donors (Lipinski definition) is 2. The van der Waals surface area contributed by atoms with Gasteiger partial charge in [0.2, 0.25) is 5.91 Å². The van der Waals surface area contributed by atoms with Crippen molar-refractivity contribution in [2.24, 2.45) is 11.7 Å². The highest BCUT2D eigenvalue weighted by Gasteiger charge is 2.23. The lowest BCUT2D eigenvalue weighted by Crippen LogP contribution is -2.43. The first-order chi connectivity index (χ1) is 9.90. The molecule has 4 nitrogen and oxygen atoms in total. The van der Waals surface area contributed by atoms with Crippen molar-refractivity contribution in [3.63, 3.8) is 0 Å². The van der Waals surface area contributed by atoms with E-state index >= 15 is 0 Å². The SMILES string of the molecule is CC(CCS(C)=O)NC(=O)C(Cc1ccccc1)C(N)=S. The fourth-order valence-corrected chi connectivity index (χ4v) is 2.81. The monoisotopic (exact) mass is 326 g/mol. The summed E-state index contributed by atoms with van der Waals surface area (Å²) in [6, 6.07) is 9.61. The summed E-state index contributed by atoms with van der Waals surface area (Å²) in [5.74, 6) is -0.115. The third-order valence-electron chi connectivity index (χ3n) is 3.17. The van der Waals surface area contributed by atoms with Gasteiger partial charge in [0.1, 0.15) is 0 Å². The van der Waals surface area contributed by atoms with E-state index in [0.29, 0.717) is 18.6 Å². The summed E-state index contributed by atoms with van der Waals surface area (Å²) < 4.78 is 11.1. The van der Waals surface area contributed by atoms with E-state index in [0.717, 1.165) is 5.56 Å². The second kappa shape index (κ2) is 8.89. The molecule has 0 saturated carbocycles. The first-order valence-electron chi connectivity index (χ1n) is 6.83. The lowest BCUT2D eigenvalue weighted by Gasteiger charge is -2.19. The van der Waals surface area contributed by atoms with Crippen molar-refractivity contribution in [3.8, 4) is 0 Å². The van der Waals surface area contributed by atoms with Crippen LogP contribution in [0.2, 0.25) is 0 Å². The molecule has 0 spiro atoms. The molecule has 3 atom stereocenters. The summed E-state index contributed by atoms with van der Waals surface area (Å²) in [5, 5.41) is 2.90. The number of carbonyl (C=O) groups is 1. The summed E-state index contributed by atoms with van der Waals surface area (Å²) in [7, 11) is -0.854. The van der Waals surface area contributed by atoms with Crippen molar-refractivity contribution in [2.75, 3.05) is 12.0 Å².